The average Bonchev–Trinajstić information content (AvgIpc) is 2.54. The Kier molecular flexibility index (Phi) is 1.88. The minimum Gasteiger partial charge on any atom is -0.284 e. The van der Waals surface area contributed by atoms with E-state index in [1.807, 2.05) is 30.3 Å². The minimum atomic E-state index is -0.191. The summed E-state index contributed by atoms with van der Waals surface area (Å²) in [5, 5.41) is 3.59. The van der Waals surface area contributed by atoms with Gasteiger partial charge in [0.1, 0.15) is 0 Å². The standard InChI is InChI=1S/C9H7N3O/c13-8-6-10-12-9(8)11-7-4-2-1-3-5-7/h1-6H,(H,11,12,13). The molecule has 0 aromatic heterocycles. The van der Waals surface area contributed by atoms with Crippen LogP contribution in [0, 0.1) is 0 Å². The number of rotatable bonds is 1. The molecule has 0 saturated carbocycles. The van der Waals surface area contributed by atoms with Crippen molar-refractivity contribution in [1.29, 1.82) is 0 Å². The first-order chi connectivity index (χ1) is 6.36. The molecule has 1 N–H and O–H groups in total. The number of aliphatic imine (C=N–C) groups is 1. The van der Waals surface area contributed by atoms with E-state index < -0.39 is 0 Å². The summed E-state index contributed by atoms with van der Waals surface area (Å²) in [6.45, 7) is 0. The van der Waals surface area contributed by atoms with Crippen molar-refractivity contribution < 1.29 is 4.79 Å². The van der Waals surface area contributed by atoms with E-state index in [9.17, 15) is 4.79 Å². The number of amidine groups is 1. The van der Waals surface area contributed by atoms with Gasteiger partial charge in [0, 0.05) is 0 Å². The van der Waals surface area contributed by atoms with Gasteiger partial charge in [-0.1, -0.05) is 18.2 Å². The molecule has 2 rings (SSSR count). The van der Waals surface area contributed by atoms with E-state index >= 15 is 0 Å². The minimum absolute atomic E-state index is 0.191. The van der Waals surface area contributed by atoms with Crippen molar-refractivity contribution in [2.24, 2.45) is 10.1 Å². The molecule has 0 radical (unpaired) electrons. The lowest BCUT2D eigenvalue weighted by Crippen LogP contribution is -2.19. The number of para-hydroxylation sites is 1. The van der Waals surface area contributed by atoms with Crippen LogP contribution in [0.15, 0.2) is 40.4 Å². The summed E-state index contributed by atoms with van der Waals surface area (Å²) in [4.78, 5) is 15.1. The Balaban J connectivity index is 2.27. The monoisotopic (exact) mass is 173 g/mol. The van der Waals surface area contributed by atoms with Gasteiger partial charge < -0.3 is 0 Å². The van der Waals surface area contributed by atoms with Gasteiger partial charge >= 0.3 is 0 Å². The molecule has 1 aliphatic rings. The second-order valence-corrected chi connectivity index (χ2v) is 2.53. The van der Waals surface area contributed by atoms with Crippen LogP contribution in [0.5, 0.6) is 0 Å². The van der Waals surface area contributed by atoms with Crippen LogP contribution >= 0.6 is 0 Å². The molecule has 0 amide bonds. The van der Waals surface area contributed by atoms with Gasteiger partial charge in [0.15, 0.2) is 5.84 Å². The molecule has 0 spiro atoms. The molecule has 0 aliphatic carbocycles. The molecule has 1 aliphatic heterocycles. The fraction of sp³-hybridized carbons (Fsp3) is 0. The van der Waals surface area contributed by atoms with Gasteiger partial charge in [0.25, 0.3) is 0 Å². The second-order valence-electron chi connectivity index (χ2n) is 2.53. The number of hydrogen-bond acceptors (Lipinski definition) is 3. The number of nitrogens with zero attached hydrogens (tertiary/aromatic N) is 2. The van der Waals surface area contributed by atoms with Gasteiger partial charge in [-0.25, -0.2) is 4.99 Å². The highest BCUT2D eigenvalue weighted by Gasteiger charge is 2.13. The van der Waals surface area contributed by atoms with Crippen molar-refractivity contribution >= 4 is 23.5 Å². The van der Waals surface area contributed by atoms with Gasteiger partial charge in [-0.2, -0.15) is 5.10 Å². The van der Waals surface area contributed by atoms with Gasteiger partial charge in [0.05, 0.1) is 11.9 Å². The molecule has 0 atom stereocenters. The summed E-state index contributed by atoms with van der Waals surface area (Å²) in [7, 11) is 0. The molecule has 0 saturated heterocycles. The predicted molar refractivity (Wildman–Crippen MR) is 50.2 cm³/mol. The third-order valence-electron chi connectivity index (χ3n) is 1.58. The summed E-state index contributed by atoms with van der Waals surface area (Å²) in [5.74, 6) is 0.0788. The molecule has 4 nitrogen and oxygen atoms in total. The van der Waals surface area contributed by atoms with Crippen molar-refractivity contribution in [2.45, 2.75) is 0 Å². The first kappa shape index (κ1) is 7.67. The van der Waals surface area contributed by atoms with Gasteiger partial charge in [-0.3, -0.25) is 10.2 Å². The quantitative estimate of drug-likeness (QED) is 0.685. The molecule has 0 bridgehead atoms. The highest BCUT2D eigenvalue weighted by atomic mass is 16.1. The third kappa shape index (κ3) is 1.61. The predicted octanol–water partition coefficient (Wildman–Crippen LogP) is 0.875. The van der Waals surface area contributed by atoms with Crippen LogP contribution in [0.3, 0.4) is 0 Å². The molecule has 0 fully saturated rings. The maximum atomic E-state index is 11.0. The maximum Gasteiger partial charge on any atom is 0.242 e. The lowest BCUT2D eigenvalue weighted by atomic mass is 10.3. The summed E-state index contributed by atoms with van der Waals surface area (Å²) in [5.41, 5.74) is 3.26. The lowest BCUT2D eigenvalue weighted by Gasteiger charge is -1.94. The molecule has 64 valence electrons. The second kappa shape index (κ2) is 3.18. The van der Waals surface area contributed by atoms with Gasteiger partial charge in [-0.15, -0.1) is 0 Å². The largest absolute Gasteiger partial charge is 0.284 e. The number of nitrogens with one attached hydrogen (secondary N) is 1. The van der Waals surface area contributed by atoms with Crippen LogP contribution in [0.2, 0.25) is 0 Å². The highest BCUT2D eigenvalue weighted by Crippen LogP contribution is 2.10. The Labute approximate surface area is 75.0 Å². The van der Waals surface area contributed by atoms with Crippen molar-refractivity contribution in [2.75, 3.05) is 0 Å². The van der Waals surface area contributed by atoms with E-state index in [-0.39, 0.29) is 11.6 Å². The topological polar surface area (TPSA) is 53.8 Å². The zero-order chi connectivity index (χ0) is 9.10. The zero-order valence-corrected chi connectivity index (χ0v) is 6.77. The third-order valence-corrected chi connectivity index (χ3v) is 1.58. The fourth-order valence-corrected chi connectivity index (χ4v) is 0.980. The maximum absolute atomic E-state index is 11.0. The highest BCUT2D eigenvalue weighted by molar-refractivity contribution is 6.62. The fourth-order valence-electron chi connectivity index (χ4n) is 0.980. The van der Waals surface area contributed by atoms with E-state index in [0.29, 0.717) is 0 Å². The number of Topliss-reactive ketones (excluding diaryl/α,β-unsaturated/α-hetero) is 1. The summed E-state index contributed by atoms with van der Waals surface area (Å²) in [6.07, 6.45) is 1.21. The van der Waals surface area contributed by atoms with Crippen molar-refractivity contribution in [3.05, 3.63) is 30.3 Å². The smallest absolute Gasteiger partial charge is 0.242 e. The lowest BCUT2D eigenvalue weighted by molar-refractivity contribution is -0.106. The zero-order valence-electron chi connectivity index (χ0n) is 6.77. The molecular weight excluding hydrogens is 166 g/mol. The summed E-state index contributed by atoms with van der Waals surface area (Å²) in [6, 6.07) is 9.25. The Morgan fingerprint density at radius 2 is 2.00 bits per heavy atom. The van der Waals surface area contributed by atoms with Crippen molar-refractivity contribution in [3.63, 3.8) is 0 Å². The average molecular weight is 173 g/mol. The van der Waals surface area contributed by atoms with Crippen LogP contribution in [-0.2, 0) is 4.79 Å². The van der Waals surface area contributed by atoms with Crippen LogP contribution in [0.1, 0.15) is 0 Å². The SMILES string of the molecule is O=C1C=NNC1=Nc1ccccc1. The van der Waals surface area contributed by atoms with E-state index in [2.05, 4.69) is 15.5 Å². The Hall–Kier alpha value is -1.97. The number of benzene rings is 1. The Morgan fingerprint density at radius 1 is 1.23 bits per heavy atom. The summed E-state index contributed by atoms with van der Waals surface area (Å²) >= 11 is 0. The van der Waals surface area contributed by atoms with E-state index in [0.717, 1.165) is 5.69 Å². The van der Waals surface area contributed by atoms with Crippen LogP contribution in [-0.4, -0.2) is 17.8 Å². The van der Waals surface area contributed by atoms with Crippen LogP contribution in [0.25, 0.3) is 0 Å². The molecule has 1 aromatic rings. The van der Waals surface area contributed by atoms with Crippen LogP contribution in [0.4, 0.5) is 5.69 Å². The number of ketones is 1. The number of carbonyl (C=O) groups excluding carboxylic acids is 1. The van der Waals surface area contributed by atoms with Crippen molar-refractivity contribution in [1.82, 2.24) is 5.43 Å². The van der Waals surface area contributed by atoms with Crippen LogP contribution < -0.4 is 5.43 Å². The molecule has 13 heavy (non-hydrogen) atoms. The molecule has 0 unspecified atom stereocenters. The Bertz CT molecular complexity index is 381. The molecular formula is C9H7N3O. The van der Waals surface area contributed by atoms with E-state index in [1.54, 1.807) is 0 Å². The number of hydrogen-bond donors (Lipinski definition) is 1. The molecule has 1 heterocycles. The van der Waals surface area contributed by atoms with Gasteiger partial charge in [-0.05, 0) is 12.1 Å². The normalized spacial score (nSPS) is 17.8. The molecule has 1 aromatic carbocycles. The summed E-state index contributed by atoms with van der Waals surface area (Å²) < 4.78 is 0. The van der Waals surface area contributed by atoms with Gasteiger partial charge in [0.2, 0.25) is 5.78 Å². The van der Waals surface area contributed by atoms with E-state index in [1.165, 1.54) is 6.21 Å². The van der Waals surface area contributed by atoms with E-state index in [4.69, 9.17) is 0 Å². The first-order valence-electron chi connectivity index (χ1n) is 3.83. The molecule has 4 heteroatoms. The number of carbonyl (C=O) groups is 1. The van der Waals surface area contributed by atoms with Crippen molar-refractivity contribution in [3.8, 4) is 0 Å². The Morgan fingerprint density at radius 3 is 2.62 bits per heavy atom. The number of hydrazone groups is 1. The first-order valence-corrected chi connectivity index (χ1v) is 3.83.